The highest BCUT2D eigenvalue weighted by atomic mass is 32.2. The Labute approximate surface area is 129 Å². The van der Waals surface area contributed by atoms with E-state index in [1.807, 2.05) is 25.3 Å². The number of nitrogens with zero attached hydrogens (tertiary/aromatic N) is 1. The molecule has 0 spiro atoms. The molecule has 1 heterocycles. The van der Waals surface area contributed by atoms with Crippen molar-refractivity contribution in [2.24, 2.45) is 11.7 Å². The second-order valence-electron chi connectivity index (χ2n) is 6.14. The molecule has 122 valence electrons. The van der Waals surface area contributed by atoms with Crippen LogP contribution in [0.4, 0.5) is 0 Å². The molecule has 0 saturated carbocycles. The van der Waals surface area contributed by atoms with Gasteiger partial charge in [0.2, 0.25) is 10.0 Å². The lowest BCUT2D eigenvalue weighted by Gasteiger charge is -2.17. The predicted molar refractivity (Wildman–Crippen MR) is 86.6 cm³/mol. The Morgan fingerprint density at radius 1 is 1.29 bits per heavy atom. The Kier molecular flexibility index (Phi) is 6.43. The fraction of sp³-hybridized carbons (Fsp3) is 0.733. The van der Waals surface area contributed by atoms with E-state index < -0.39 is 10.0 Å². The Bertz CT molecular complexity index is 549. The van der Waals surface area contributed by atoms with Gasteiger partial charge in [-0.3, -0.25) is 0 Å². The summed E-state index contributed by atoms with van der Waals surface area (Å²) >= 11 is 0. The molecule has 1 rings (SSSR count). The van der Waals surface area contributed by atoms with Crippen LogP contribution < -0.4 is 10.5 Å². The highest BCUT2D eigenvalue weighted by Gasteiger charge is 2.21. The first-order chi connectivity index (χ1) is 9.71. The third-order valence-corrected chi connectivity index (χ3v) is 5.35. The van der Waals surface area contributed by atoms with E-state index in [0.29, 0.717) is 17.4 Å². The summed E-state index contributed by atoms with van der Waals surface area (Å²) in [6.07, 6.45) is 3.56. The van der Waals surface area contributed by atoms with Crippen molar-refractivity contribution in [3.05, 3.63) is 18.0 Å². The normalized spacial score (nSPS) is 15.4. The number of hydrogen-bond acceptors (Lipinski definition) is 3. The number of nitrogens with two attached hydrogens (primary N) is 1. The average Bonchev–Trinajstić information content (AvgIpc) is 2.82. The lowest BCUT2D eigenvalue weighted by Crippen LogP contribution is -2.33. The van der Waals surface area contributed by atoms with Crippen LogP contribution in [0.15, 0.2) is 17.2 Å². The maximum Gasteiger partial charge on any atom is 0.242 e. The van der Waals surface area contributed by atoms with Crippen molar-refractivity contribution in [2.75, 3.05) is 0 Å². The molecular weight excluding hydrogens is 286 g/mol. The molecule has 0 aliphatic heterocycles. The van der Waals surface area contributed by atoms with Crippen molar-refractivity contribution < 1.29 is 8.42 Å². The third-order valence-electron chi connectivity index (χ3n) is 3.79. The van der Waals surface area contributed by atoms with Crippen LogP contribution in [-0.2, 0) is 16.6 Å². The van der Waals surface area contributed by atoms with Gasteiger partial charge in [0.1, 0.15) is 0 Å². The van der Waals surface area contributed by atoms with Gasteiger partial charge in [-0.2, -0.15) is 0 Å². The topological polar surface area (TPSA) is 77.1 Å². The zero-order valence-electron chi connectivity index (χ0n) is 13.8. The van der Waals surface area contributed by atoms with E-state index in [0.717, 1.165) is 18.5 Å². The zero-order chi connectivity index (χ0) is 16.2. The van der Waals surface area contributed by atoms with Gasteiger partial charge < -0.3 is 10.3 Å². The number of aromatic nitrogens is 1. The summed E-state index contributed by atoms with van der Waals surface area (Å²) in [7, 11) is -3.49. The number of rotatable bonds is 8. The summed E-state index contributed by atoms with van der Waals surface area (Å²) in [4.78, 5) is 0.299. The Hall–Kier alpha value is -0.850. The smallest absolute Gasteiger partial charge is 0.242 e. The third kappa shape index (κ3) is 4.83. The average molecular weight is 315 g/mol. The minimum absolute atomic E-state index is 0.0753. The highest BCUT2D eigenvalue weighted by Crippen LogP contribution is 2.19. The molecule has 1 aromatic rings. The minimum atomic E-state index is -3.49. The summed E-state index contributed by atoms with van der Waals surface area (Å²) in [5, 5.41) is 0. The monoisotopic (exact) mass is 315 g/mol. The molecule has 2 atom stereocenters. The van der Waals surface area contributed by atoms with E-state index in [9.17, 15) is 8.42 Å². The van der Waals surface area contributed by atoms with Gasteiger partial charge in [-0.1, -0.05) is 20.3 Å². The standard InChI is InChI=1S/C15H29N3O2S/c1-6-12(4)7-13(5)17-21(19,20)15-8-14(9-16)18(10-15)11(2)3/h8,10-13,17H,6-7,9,16H2,1-5H3. The molecule has 0 bridgehead atoms. The lowest BCUT2D eigenvalue weighted by atomic mass is 10.0. The van der Waals surface area contributed by atoms with E-state index in [4.69, 9.17) is 5.73 Å². The van der Waals surface area contributed by atoms with Crippen LogP contribution in [0.5, 0.6) is 0 Å². The van der Waals surface area contributed by atoms with Gasteiger partial charge in [0, 0.05) is 30.5 Å². The maximum atomic E-state index is 12.5. The minimum Gasteiger partial charge on any atom is -0.346 e. The van der Waals surface area contributed by atoms with Crippen LogP contribution in [-0.4, -0.2) is 19.0 Å². The van der Waals surface area contributed by atoms with Gasteiger partial charge in [-0.05, 0) is 39.2 Å². The van der Waals surface area contributed by atoms with Gasteiger partial charge in [0.05, 0.1) is 4.90 Å². The lowest BCUT2D eigenvalue weighted by molar-refractivity contribution is 0.445. The predicted octanol–water partition coefficient (Wildman–Crippen LogP) is 2.63. The van der Waals surface area contributed by atoms with Crippen LogP contribution in [0.3, 0.4) is 0 Å². The van der Waals surface area contributed by atoms with Crippen molar-refractivity contribution in [2.45, 2.75) is 71.0 Å². The van der Waals surface area contributed by atoms with Crippen LogP contribution >= 0.6 is 0 Å². The van der Waals surface area contributed by atoms with Crippen molar-refractivity contribution >= 4 is 10.0 Å². The van der Waals surface area contributed by atoms with Crippen LogP contribution in [0.2, 0.25) is 0 Å². The molecule has 0 amide bonds. The molecule has 3 N–H and O–H groups in total. The first kappa shape index (κ1) is 18.2. The SMILES string of the molecule is CCC(C)CC(C)NS(=O)(=O)c1cc(CN)n(C(C)C)c1. The molecule has 0 aliphatic carbocycles. The summed E-state index contributed by atoms with van der Waals surface area (Å²) in [5.41, 5.74) is 6.53. The van der Waals surface area contributed by atoms with Gasteiger partial charge in [-0.25, -0.2) is 13.1 Å². The largest absolute Gasteiger partial charge is 0.346 e. The van der Waals surface area contributed by atoms with Gasteiger partial charge in [0.15, 0.2) is 0 Å². The molecule has 5 nitrogen and oxygen atoms in total. The first-order valence-electron chi connectivity index (χ1n) is 7.64. The highest BCUT2D eigenvalue weighted by molar-refractivity contribution is 7.89. The Morgan fingerprint density at radius 2 is 1.90 bits per heavy atom. The molecule has 0 radical (unpaired) electrons. The van der Waals surface area contributed by atoms with E-state index in [-0.39, 0.29) is 12.1 Å². The van der Waals surface area contributed by atoms with Gasteiger partial charge >= 0.3 is 0 Å². The van der Waals surface area contributed by atoms with Crippen molar-refractivity contribution in [1.82, 2.24) is 9.29 Å². The number of nitrogens with one attached hydrogen (secondary N) is 1. The zero-order valence-corrected chi connectivity index (χ0v) is 14.6. The quantitative estimate of drug-likeness (QED) is 0.774. The van der Waals surface area contributed by atoms with Crippen LogP contribution in [0.25, 0.3) is 0 Å². The summed E-state index contributed by atoms with van der Waals surface area (Å²) < 4.78 is 29.6. The van der Waals surface area contributed by atoms with Crippen LogP contribution in [0.1, 0.15) is 59.2 Å². The van der Waals surface area contributed by atoms with Crippen molar-refractivity contribution in [1.29, 1.82) is 0 Å². The van der Waals surface area contributed by atoms with E-state index in [1.54, 1.807) is 12.3 Å². The second-order valence-corrected chi connectivity index (χ2v) is 7.86. The molecule has 2 unspecified atom stereocenters. The summed E-state index contributed by atoms with van der Waals surface area (Å²) in [6.45, 7) is 10.5. The number of hydrogen-bond donors (Lipinski definition) is 2. The Morgan fingerprint density at radius 3 is 2.33 bits per heavy atom. The van der Waals surface area contributed by atoms with E-state index in [1.165, 1.54) is 0 Å². The van der Waals surface area contributed by atoms with Gasteiger partial charge in [-0.15, -0.1) is 0 Å². The fourth-order valence-electron chi connectivity index (χ4n) is 2.44. The Balaban J connectivity index is 2.93. The fourth-order valence-corrected chi connectivity index (χ4v) is 3.74. The van der Waals surface area contributed by atoms with Crippen molar-refractivity contribution in [3.63, 3.8) is 0 Å². The second kappa shape index (κ2) is 7.42. The summed E-state index contributed by atoms with van der Waals surface area (Å²) in [5.74, 6) is 0.502. The molecule has 0 aromatic carbocycles. The molecule has 1 aromatic heterocycles. The maximum absolute atomic E-state index is 12.5. The van der Waals surface area contributed by atoms with E-state index >= 15 is 0 Å². The number of sulfonamides is 1. The molecular formula is C15H29N3O2S. The molecule has 0 aliphatic rings. The van der Waals surface area contributed by atoms with Crippen molar-refractivity contribution in [3.8, 4) is 0 Å². The summed E-state index contributed by atoms with van der Waals surface area (Å²) in [6, 6.07) is 1.77. The molecule has 0 saturated heterocycles. The molecule has 21 heavy (non-hydrogen) atoms. The van der Waals surface area contributed by atoms with Crippen LogP contribution in [0, 0.1) is 5.92 Å². The first-order valence-corrected chi connectivity index (χ1v) is 9.12. The van der Waals surface area contributed by atoms with E-state index in [2.05, 4.69) is 18.6 Å². The van der Waals surface area contributed by atoms with Gasteiger partial charge in [0.25, 0.3) is 0 Å². The molecule has 0 fully saturated rings. The molecule has 6 heteroatoms.